The standard InChI is InChI=1S/C74H141NO5/c1-3-5-7-9-11-13-15-17-19-21-22-23-24-26-29-32-35-38-42-46-50-54-58-62-66-72(77)71(70-76)75-73(78)67-63-59-55-51-47-43-39-36-33-30-27-25-28-31-34-37-41-45-49-53-57-61-65-69-80-74(79)68-64-60-56-52-48-44-40-20-18-16-14-12-10-8-6-4-2/h20,25,28,30,33,40,71-72,76-77H,3-19,21-24,26-27,29,31-32,34-39,41-70H2,1-2H3,(H,75,78)/b28-25-,33-30-,40-20-. The van der Waals surface area contributed by atoms with Crippen molar-refractivity contribution in [3.63, 3.8) is 0 Å². The first kappa shape index (κ1) is 78.1. The fraction of sp³-hybridized carbons (Fsp3) is 0.892. The van der Waals surface area contributed by atoms with E-state index in [2.05, 4.69) is 55.6 Å². The van der Waals surface area contributed by atoms with Gasteiger partial charge in [0.05, 0.1) is 25.4 Å². The van der Waals surface area contributed by atoms with Crippen molar-refractivity contribution in [1.82, 2.24) is 5.32 Å². The molecule has 80 heavy (non-hydrogen) atoms. The second-order valence-corrected chi connectivity index (χ2v) is 24.9. The van der Waals surface area contributed by atoms with Crippen molar-refractivity contribution in [3.05, 3.63) is 36.5 Å². The molecule has 0 aliphatic heterocycles. The summed E-state index contributed by atoms with van der Waals surface area (Å²) < 4.78 is 5.49. The summed E-state index contributed by atoms with van der Waals surface area (Å²) >= 11 is 0. The van der Waals surface area contributed by atoms with E-state index in [0.717, 1.165) is 57.8 Å². The first-order valence-corrected chi connectivity index (χ1v) is 36.2. The molecule has 3 N–H and O–H groups in total. The number of aliphatic hydroxyl groups is 2. The van der Waals surface area contributed by atoms with E-state index in [0.29, 0.717) is 25.9 Å². The highest BCUT2D eigenvalue weighted by molar-refractivity contribution is 5.76. The van der Waals surface area contributed by atoms with E-state index in [-0.39, 0.29) is 18.5 Å². The number of carbonyl (C=O) groups is 2. The van der Waals surface area contributed by atoms with Gasteiger partial charge in [-0.2, -0.15) is 0 Å². The highest BCUT2D eigenvalue weighted by Gasteiger charge is 2.20. The SMILES string of the molecule is CCCCCCCCC/C=C\CCCCCCCC(=O)OCCCCCCCCCCC/C=C\C/C=C\CCCCCCCCCC(=O)NC(CO)C(O)CCCCCCCCCCCCCCCCCCCCCCCCCC. The summed E-state index contributed by atoms with van der Waals surface area (Å²) in [5.41, 5.74) is 0. The number of amides is 1. The predicted molar refractivity (Wildman–Crippen MR) is 352 cm³/mol. The zero-order valence-electron chi connectivity index (χ0n) is 54.1. The normalized spacial score (nSPS) is 12.7. The van der Waals surface area contributed by atoms with Gasteiger partial charge in [0, 0.05) is 12.8 Å². The molecule has 0 heterocycles. The zero-order valence-corrected chi connectivity index (χ0v) is 54.1. The third-order valence-corrected chi connectivity index (χ3v) is 16.9. The molecule has 6 heteroatoms. The average Bonchev–Trinajstić information content (AvgIpc) is 3.46. The highest BCUT2D eigenvalue weighted by atomic mass is 16.5. The van der Waals surface area contributed by atoms with Gasteiger partial charge in [0.1, 0.15) is 0 Å². The number of rotatable bonds is 68. The van der Waals surface area contributed by atoms with Gasteiger partial charge in [0.15, 0.2) is 0 Å². The lowest BCUT2D eigenvalue weighted by Gasteiger charge is -2.22. The van der Waals surface area contributed by atoms with Gasteiger partial charge in [-0.1, -0.05) is 339 Å². The number of carbonyl (C=O) groups excluding carboxylic acids is 2. The Hall–Kier alpha value is -1.92. The van der Waals surface area contributed by atoms with Gasteiger partial charge in [0.2, 0.25) is 5.91 Å². The molecular formula is C74H141NO5. The molecule has 0 aliphatic carbocycles. The third kappa shape index (κ3) is 65.2. The van der Waals surface area contributed by atoms with Gasteiger partial charge in [-0.3, -0.25) is 9.59 Å². The van der Waals surface area contributed by atoms with E-state index in [1.54, 1.807) is 0 Å². The van der Waals surface area contributed by atoms with Crippen LogP contribution in [0.15, 0.2) is 36.5 Å². The number of hydrogen-bond donors (Lipinski definition) is 3. The fourth-order valence-electron chi connectivity index (χ4n) is 11.4. The summed E-state index contributed by atoms with van der Waals surface area (Å²) in [5, 5.41) is 23.4. The minimum absolute atomic E-state index is 0.000435. The summed E-state index contributed by atoms with van der Waals surface area (Å²) in [6.07, 6.45) is 89.1. The van der Waals surface area contributed by atoms with Gasteiger partial charge in [0.25, 0.3) is 0 Å². The molecule has 0 saturated carbocycles. The molecule has 0 fully saturated rings. The van der Waals surface area contributed by atoms with Crippen molar-refractivity contribution in [2.24, 2.45) is 0 Å². The molecule has 2 unspecified atom stereocenters. The third-order valence-electron chi connectivity index (χ3n) is 16.9. The van der Waals surface area contributed by atoms with Gasteiger partial charge >= 0.3 is 5.97 Å². The maximum atomic E-state index is 12.6. The van der Waals surface area contributed by atoms with Crippen LogP contribution in [0, 0.1) is 0 Å². The molecule has 6 nitrogen and oxygen atoms in total. The molecular weight excluding hydrogens is 983 g/mol. The molecule has 472 valence electrons. The maximum absolute atomic E-state index is 12.6. The molecule has 0 radical (unpaired) electrons. The maximum Gasteiger partial charge on any atom is 0.305 e. The van der Waals surface area contributed by atoms with Gasteiger partial charge in [-0.15, -0.1) is 0 Å². The number of esters is 1. The van der Waals surface area contributed by atoms with Crippen LogP contribution >= 0.6 is 0 Å². The van der Waals surface area contributed by atoms with Crippen LogP contribution in [0.5, 0.6) is 0 Å². The lowest BCUT2D eigenvalue weighted by Crippen LogP contribution is -2.45. The molecule has 1 amide bonds. The number of nitrogens with one attached hydrogen (secondary N) is 1. The Labute approximate surface area is 500 Å². The quantitative estimate of drug-likeness (QED) is 0.0320. The van der Waals surface area contributed by atoms with Crippen molar-refractivity contribution in [3.8, 4) is 0 Å². The number of aliphatic hydroxyl groups excluding tert-OH is 2. The van der Waals surface area contributed by atoms with E-state index in [9.17, 15) is 19.8 Å². The number of hydrogen-bond acceptors (Lipinski definition) is 5. The summed E-state index contributed by atoms with van der Waals surface area (Å²) in [6, 6.07) is -0.551. The first-order valence-electron chi connectivity index (χ1n) is 36.2. The van der Waals surface area contributed by atoms with Crippen LogP contribution in [0.3, 0.4) is 0 Å². The van der Waals surface area contributed by atoms with Crippen LogP contribution < -0.4 is 5.32 Å². The molecule has 0 bridgehead atoms. The van der Waals surface area contributed by atoms with Crippen LogP contribution in [-0.4, -0.2) is 47.4 Å². The molecule has 2 atom stereocenters. The number of allylic oxidation sites excluding steroid dienone is 6. The van der Waals surface area contributed by atoms with Crippen molar-refractivity contribution in [2.75, 3.05) is 13.2 Å². The summed E-state index contributed by atoms with van der Waals surface area (Å²) in [4.78, 5) is 24.6. The minimum Gasteiger partial charge on any atom is -0.466 e. The first-order chi connectivity index (χ1) is 39.5. The Balaban J connectivity index is 3.44. The van der Waals surface area contributed by atoms with Crippen LogP contribution in [0.1, 0.15) is 399 Å². The summed E-state index contributed by atoms with van der Waals surface area (Å²) in [7, 11) is 0. The Morgan fingerprint density at radius 3 is 0.963 bits per heavy atom. The van der Waals surface area contributed by atoms with E-state index in [1.807, 2.05) is 0 Å². The Morgan fingerprint density at radius 2 is 0.625 bits per heavy atom. The van der Waals surface area contributed by atoms with E-state index in [1.165, 1.54) is 308 Å². The monoisotopic (exact) mass is 1120 g/mol. The molecule has 0 aromatic rings. The fourth-order valence-corrected chi connectivity index (χ4v) is 11.4. The lowest BCUT2D eigenvalue weighted by molar-refractivity contribution is -0.143. The van der Waals surface area contributed by atoms with Crippen molar-refractivity contribution < 1.29 is 24.5 Å². The van der Waals surface area contributed by atoms with Gasteiger partial charge in [-0.25, -0.2) is 0 Å². The minimum atomic E-state index is -0.673. The van der Waals surface area contributed by atoms with Crippen molar-refractivity contribution in [1.29, 1.82) is 0 Å². The van der Waals surface area contributed by atoms with Crippen LogP contribution in [0.25, 0.3) is 0 Å². The largest absolute Gasteiger partial charge is 0.466 e. The van der Waals surface area contributed by atoms with E-state index >= 15 is 0 Å². The van der Waals surface area contributed by atoms with Crippen LogP contribution in [-0.2, 0) is 14.3 Å². The van der Waals surface area contributed by atoms with Gasteiger partial charge < -0.3 is 20.3 Å². The van der Waals surface area contributed by atoms with Crippen LogP contribution in [0.4, 0.5) is 0 Å². The van der Waals surface area contributed by atoms with E-state index < -0.39 is 12.1 Å². The average molecular weight is 1120 g/mol. The number of ether oxygens (including phenoxy) is 1. The highest BCUT2D eigenvalue weighted by Crippen LogP contribution is 2.19. The van der Waals surface area contributed by atoms with E-state index in [4.69, 9.17) is 4.74 Å². The zero-order chi connectivity index (χ0) is 57.8. The van der Waals surface area contributed by atoms with Gasteiger partial charge in [-0.05, 0) is 83.5 Å². The Kier molecular flexibility index (Phi) is 67.9. The van der Waals surface area contributed by atoms with Crippen LogP contribution in [0.2, 0.25) is 0 Å². The Morgan fingerprint density at radius 1 is 0.350 bits per heavy atom. The molecule has 0 saturated heterocycles. The van der Waals surface area contributed by atoms with Crippen molar-refractivity contribution in [2.45, 2.75) is 411 Å². The molecule has 0 spiro atoms. The molecule has 0 aromatic carbocycles. The second-order valence-electron chi connectivity index (χ2n) is 24.9. The summed E-state index contributed by atoms with van der Waals surface area (Å²) in [6.45, 7) is 4.97. The lowest BCUT2D eigenvalue weighted by atomic mass is 10.0. The summed E-state index contributed by atoms with van der Waals surface area (Å²) in [5.74, 6) is -0.0408. The second kappa shape index (κ2) is 69.6. The predicted octanol–water partition coefficient (Wildman–Crippen LogP) is 23.5. The molecule has 0 aromatic heterocycles. The number of unbranched alkanes of at least 4 members (excludes halogenated alkanes) is 51. The van der Waals surface area contributed by atoms with Crippen molar-refractivity contribution >= 4 is 11.9 Å². The topological polar surface area (TPSA) is 95.9 Å². The molecule has 0 aliphatic rings. The smallest absolute Gasteiger partial charge is 0.305 e. The molecule has 0 rings (SSSR count). The Bertz CT molecular complexity index is 1300.